The van der Waals surface area contributed by atoms with Gasteiger partial charge < -0.3 is 9.47 Å². The number of hydrogen-bond donors (Lipinski definition) is 0. The minimum Gasteiger partial charge on any atom is -0.469 e. The molecule has 20 heavy (non-hydrogen) atoms. The van der Waals surface area contributed by atoms with E-state index in [1.54, 1.807) is 6.07 Å². The van der Waals surface area contributed by atoms with Crippen LogP contribution in [0.4, 0.5) is 0 Å². The number of aryl methyl sites for hydroxylation is 1. The van der Waals surface area contributed by atoms with Crippen molar-refractivity contribution in [1.82, 2.24) is 0 Å². The van der Waals surface area contributed by atoms with Gasteiger partial charge in [0.1, 0.15) is 0 Å². The van der Waals surface area contributed by atoms with Crippen LogP contribution in [0.3, 0.4) is 0 Å². The Bertz CT molecular complexity index is 479. The Morgan fingerprint density at radius 2 is 1.80 bits per heavy atom. The summed E-state index contributed by atoms with van der Waals surface area (Å²) in [5, 5.41) is 0. The lowest BCUT2D eigenvalue weighted by Crippen LogP contribution is -2.24. The van der Waals surface area contributed by atoms with Crippen molar-refractivity contribution in [1.29, 1.82) is 0 Å². The highest BCUT2D eigenvalue weighted by Crippen LogP contribution is 2.27. The second-order valence-electron chi connectivity index (χ2n) is 4.44. The molecular formula is C16H22O4. The maximum atomic E-state index is 11.5. The molecule has 1 aromatic rings. The summed E-state index contributed by atoms with van der Waals surface area (Å²) in [5.41, 5.74) is 2.80. The monoisotopic (exact) mass is 278 g/mol. The summed E-state index contributed by atoms with van der Waals surface area (Å²) >= 11 is 0. The summed E-state index contributed by atoms with van der Waals surface area (Å²) in [4.78, 5) is 22.9. The number of benzene rings is 1. The number of carbonyl (C=O) groups excluding carboxylic acids is 2. The highest BCUT2D eigenvalue weighted by molar-refractivity contribution is 5.89. The summed E-state index contributed by atoms with van der Waals surface area (Å²) < 4.78 is 9.46. The molecule has 0 saturated heterocycles. The summed E-state index contributed by atoms with van der Waals surface area (Å²) in [6.45, 7) is 4.00. The molecule has 4 heteroatoms. The van der Waals surface area contributed by atoms with Crippen molar-refractivity contribution < 1.29 is 19.1 Å². The Morgan fingerprint density at radius 1 is 1.10 bits per heavy atom. The Morgan fingerprint density at radius 3 is 2.40 bits per heavy atom. The number of methoxy groups -OCH3 is 2. The topological polar surface area (TPSA) is 52.6 Å². The zero-order chi connectivity index (χ0) is 15.1. The number of rotatable bonds is 2. The fourth-order valence-electron chi connectivity index (χ4n) is 2.37. The van der Waals surface area contributed by atoms with Gasteiger partial charge in [-0.2, -0.15) is 0 Å². The Kier molecular flexibility index (Phi) is 6.22. The van der Waals surface area contributed by atoms with Gasteiger partial charge in [0, 0.05) is 0 Å². The van der Waals surface area contributed by atoms with E-state index in [-0.39, 0.29) is 17.9 Å². The molecular weight excluding hydrogens is 256 g/mol. The second-order valence-corrected chi connectivity index (χ2v) is 4.44. The molecule has 0 heterocycles. The van der Waals surface area contributed by atoms with Crippen molar-refractivity contribution in [3.63, 3.8) is 0 Å². The van der Waals surface area contributed by atoms with E-state index in [1.807, 2.05) is 26.0 Å². The quantitative estimate of drug-likeness (QED) is 0.781. The highest BCUT2D eigenvalue weighted by atomic mass is 16.5. The zero-order valence-corrected chi connectivity index (χ0v) is 12.6. The van der Waals surface area contributed by atoms with Gasteiger partial charge in [-0.15, -0.1) is 0 Å². The van der Waals surface area contributed by atoms with E-state index in [2.05, 4.69) is 0 Å². The zero-order valence-electron chi connectivity index (χ0n) is 12.6. The second kappa shape index (κ2) is 7.68. The molecule has 0 aromatic heterocycles. The average Bonchev–Trinajstić information content (AvgIpc) is 2.54. The predicted molar refractivity (Wildman–Crippen MR) is 76.7 cm³/mol. The molecule has 110 valence electrons. The normalized spacial score (nSPS) is 16.3. The highest BCUT2D eigenvalue weighted by Gasteiger charge is 2.25. The van der Waals surface area contributed by atoms with E-state index in [4.69, 9.17) is 9.47 Å². The third-order valence-corrected chi connectivity index (χ3v) is 3.39. The summed E-state index contributed by atoms with van der Waals surface area (Å²) in [7, 11) is 2.78. The minimum absolute atomic E-state index is 0.0634. The number of esters is 2. The molecule has 0 amide bonds. The van der Waals surface area contributed by atoms with Crippen molar-refractivity contribution in [2.75, 3.05) is 14.2 Å². The van der Waals surface area contributed by atoms with Crippen molar-refractivity contribution in [2.45, 2.75) is 33.1 Å². The Balaban J connectivity index is 0.000000956. The van der Waals surface area contributed by atoms with Gasteiger partial charge in [-0.1, -0.05) is 19.9 Å². The molecule has 1 atom stereocenters. The molecule has 0 aliphatic heterocycles. The first-order valence-electron chi connectivity index (χ1n) is 6.93. The standard InChI is InChI=1S/C14H16O4.C2H6/c1-17-13(15)11-5-3-10-8-12(14(16)18-2)6-4-9(10)7-11;1-2/h3,5,7,12H,4,6,8H2,1-2H3;1-2H3. The van der Waals surface area contributed by atoms with E-state index in [0.29, 0.717) is 12.0 Å². The molecule has 0 spiro atoms. The van der Waals surface area contributed by atoms with Crippen LogP contribution in [0.5, 0.6) is 0 Å². The third-order valence-electron chi connectivity index (χ3n) is 3.39. The van der Waals surface area contributed by atoms with Gasteiger partial charge in [-0.3, -0.25) is 4.79 Å². The fraction of sp³-hybridized carbons (Fsp3) is 0.500. The number of fused-ring (bicyclic) bond motifs is 1. The van der Waals surface area contributed by atoms with Crippen LogP contribution in [-0.4, -0.2) is 26.2 Å². The van der Waals surface area contributed by atoms with Gasteiger partial charge in [0.15, 0.2) is 0 Å². The predicted octanol–water partition coefficient (Wildman–Crippen LogP) is 2.78. The number of hydrogen-bond acceptors (Lipinski definition) is 4. The molecule has 0 radical (unpaired) electrons. The fourth-order valence-corrected chi connectivity index (χ4v) is 2.37. The van der Waals surface area contributed by atoms with Crippen LogP contribution in [-0.2, 0) is 27.1 Å². The lowest BCUT2D eigenvalue weighted by Gasteiger charge is -2.22. The van der Waals surface area contributed by atoms with Crippen molar-refractivity contribution in [3.8, 4) is 0 Å². The SMILES string of the molecule is CC.COC(=O)c1ccc2c(c1)CCC(C(=O)OC)C2. The van der Waals surface area contributed by atoms with Crippen molar-refractivity contribution in [2.24, 2.45) is 5.92 Å². The first-order chi connectivity index (χ1) is 9.65. The van der Waals surface area contributed by atoms with Gasteiger partial charge in [0.05, 0.1) is 25.7 Å². The van der Waals surface area contributed by atoms with Gasteiger partial charge in [0.25, 0.3) is 0 Å². The first-order valence-corrected chi connectivity index (χ1v) is 6.93. The molecule has 1 aliphatic rings. The van der Waals surface area contributed by atoms with Crippen LogP contribution in [0, 0.1) is 5.92 Å². The van der Waals surface area contributed by atoms with E-state index in [0.717, 1.165) is 24.0 Å². The van der Waals surface area contributed by atoms with Gasteiger partial charge >= 0.3 is 11.9 Å². The molecule has 0 N–H and O–H groups in total. The lowest BCUT2D eigenvalue weighted by atomic mass is 9.83. The average molecular weight is 278 g/mol. The lowest BCUT2D eigenvalue weighted by molar-refractivity contribution is -0.145. The largest absolute Gasteiger partial charge is 0.469 e. The molecule has 1 unspecified atom stereocenters. The molecule has 0 bridgehead atoms. The van der Waals surface area contributed by atoms with Gasteiger partial charge in [-0.25, -0.2) is 4.79 Å². The summed E-state index contributed by atoms with van der Waals surface area (Å²) in [6, 6.07) is 5.50. The summed E-state index contributed by atoms with van der Waals surface area (Å²) in [6.07, 6.45) is 2.24. The van der Waals surface area contributed by atoms with Crippen LogP contribution in [0.15, 0.2) is 18.2 Å². The molecule has 2 rings (SSSR count). The van der Waals surface area contributed by atoms with Crippen LogP contribution in [0.25, 0.3) is 0 Å². The van der Waals surface area contributed by atoms with E-state index in [1.165, 1.54) is 14.2 Å². The minimum atomic E-state index is -0.326. The first kappa shape index (κ1) is 16.2. The maximum absolute atomic E-state index is 11.5. The summed E-state index contributed by atoms with van der Waals surface area (Å²) in [5.74, 6) is -0.544. The van der Waals surface area contributed by atoms with E-state index < -0.39 is 0 Å². The number of carbonyl (C=O) groups is 2. The van der Waals surface area contributed by atoms with Gasteiger partial charge in [0.2, 0.25) is 0 Å². The Labute approximate surface area is 120 Å². The smallest absolute Gasteiger partial charge is 0.337 e. The van der Waals surface area contributed by atoms with Crippen LogP contribution < -0.4 is 0 Å². The third kappa shape index (κ3) is 3.59. The van der Waals surface area contributed by atoms with Crippen molar-refractivity contribution >= 4 is 11.9 Å². The molecule has 4 nitrogen and oxygen atoms in total. The molecule has 0 saturated carbocycles. The van der Waals surface area contributed by atoms with Gasteiger partial charge in [-0.05, 0) is 42.5 Å². The number of ether oxygens (including phenoxy) is 2. The van der Waals surface area contributed by atoms with E-state index >= 15 is 0 Å². The van der Waals surface area contributed by atoms with Crippen LogP contribution in [0.2, 0.25) is 0 Å². The van der Waals surface area contributed by atoms with Crippen LogP contribution in [0.1, 0.15) is 41.8 Å². The van der Waals surface area contributed by atoms with Crippen LogP contribution >= 0.6 is 0 Å². The maximum Gasteiger partial charge on any atom is 0.337 e. The Hall–Kier alpha value is -1.84. The molecule has 1 aliphatic carbocycles. The molecule has 1 aromatic carbocycles. The van der Waals surface area contributed by atoms with Crippen molar-refractivity contribution in [3.05, 3.63) is 34.9 Å². The molecule has 0 fully saturated rings. The van der Waals surface area contributed by atoms with E-state index in [9.17, 15) is 9.59 Å².